The van der Waals surface area contributed by atoms with Crippen LogP contribution in [-0.2, 0) is 4.84 Å². The topological polar surface area (TPSA) is 73.6 Å². The Hall–Kier alpha value is -0.610. The van der Waals surface area contributed by atoms with Gasteiger partial charge in [-0.05, 0) is 6.92 Å². The van der Waals surface area contributed by atoms with Gasteiger partial charge in [-0.1, -0.05) is 5.16 Å². The number of hydrogen-bond acceptors (Lipinski definition) is 4. The minimum absolute atomic E-state index is 0.372. The van der Waals surface area contributed by atoms with Gasteiger partial charge in [0.1, 0.15) is 6.61 Å². The Labute approximate surface area is 54.8 Å². The lowest BCUT2D eigenvalue weighted by Crippen LogP contribution is -2.23. The van der Waals surface area contributed by atoms with Crippen molar-refractivity contribution in [3.8, 4) is 0 Å². The van der Waals surface area contributed by atoms with Crippen LogP contribution in [0.1, 0.15) is 6.92 Å². The molecule has 0 rings (SSSR count). The van der Waals surface area contributed by atoms with Crippen LogP contribution in [0.25, 0.3) is 0 Å². The number of nitrogens with zero attached hydrogens (tertiary/aromatic N) is 1. The van der Waals surface area contributed by atoms with Crippen molar-refractivity contribution in [3.63, 3.8) is 0 Å². The molecular formula is C5H13N3O. The van der Waals surface area contributed by atoms with Gasteiger partial charge < -0.3 is 16.3 Å². The van der Waals surface area contributed by atoms with E-state index in [-0.39, 0.29) is 0 Å². The molecule has 0 aliphatic heterocycles. The predicted molar refractivity (Wildman–Crippen MR) is 37.2 cm³/mol. The predicted octanol–water partition coefficient (Wildman–Crippen LogP) is -0.704. The molecule has 0 saturated carbocycles. The van der Waals surface area contributed by atoms with E-state index in [9.17, 15) is 0 Å². The van der Waals surface area contributed by atoms with Crippen molar-refractivity contribution in [1.29, 1.82) is 0 Å². The zero-order valence-corrected chi connectivity index (χ0v) is 5.63. The fraction of sp³-hybridized carbons (Fsp3) is 0.800. The molecule has 4 nitrogen and oxygen atoms in total. The number of oxime groups is 1. The molecule has 9 heavy (non-hydrogen) atoms. The first-order valence-corrected chi connectivity index (χ1v) is 2.93. The molecule has 4 N–H and O–H groups in total. The maximum atomic E-state index is 5.23. The maximum absolute atomic E-state index is 5.23. The second-order valence-corrected chi connectivity index (χ2v) is 1.48. The normalized spacial score (nSPS) is 8.78. The Kier molecular flexibility index (Phi) is 5.15. The molecular weight excluding hydrogens is 118 g/mol. The molecule has 0 aromatic heterocycles. The summed E-state index contributed by atoms with van der Waals surface area (Å²) in [6.07, 6.45) is 0. The monoisotopic (exact) mass is 131 g/mol. The zero-order valence-electron chi connectivity index (χ0n) is 5.63. The Morgan fingerprint density at radius 3 is 2.33 bits per heavy atom. The molecule has 4 heteroatoms. The van der Waals surface area contributed by atoms with Gasteiger partial charge in [-0.2, -0.15) is 0 Å². The summed E-state index contributed by atoms with van der Waals surface area (Å²) in [7, 11) is 0. The lowest BCUT2D eigenvalue weighted by atomic mass is 10.4. The van der Waals surface area contributed by atoms with Gasteiger partial charge in [-0.25, -0.2) is 0 Å². The average molecular weight is 131 g/mol. The van der Waals surface area contributed by atoms with Gasteiger partial charge in [0.2, 0.25) is 0 Å². The molecule has 0 saturated heterocycles. The summed E-state index contributed by atoms with van der Waals surface area (Å²) in [6, 6.07) is 0. The van der Waals surface area contributed by atoms with Gasteiger partial charge in [0, 0.05) is 13.1 Å². The number of nitrogens with two attached hydrogens (primary N) is 2. The van der Waals surface area contributed by atoms with Crippen LogP contribution in [0.2, 0.25) is 0 Å². The standard InChI is InChI=1S/C5H13N3O/c1-2-9-8-5(3-6)4-7/h2-4,6-7H2,1H3. The molecule has 54 valence electrons. The quantitative estimate of drug-likeness (QED) is 0.391. The Balaban J connectivity index is 3.48. The largest absolute Gasteiger partial charge is 0.396 e. The van der Waals surface area contributed by atoms with Crippen molar-refractivity contribution in [2.45, 2.75) is 6.92 Å². The first kappa shape index (κ1) is 8.39. The Bertz CT molecular complexity index is 86.2. The van der Waals surface area contributed by atoms with Crippen molar-refractivity contribution in [1.82, 2.24) is 0 Å². The van der Waals surface area contributed by atoms with Crippen molar-refractivity contribution in [2.24, 2.45) is 16.6 Å². The zero-order chi connectivity index (χ0) is 7.11. The van der Waals surface area contributed by atoms with Gasteiger partial charge in [0.25, 0.3) is 0 Å². The van der Waals surface area contributed by atoms with E-state index in [1.54, 1.807) is 0 Å². The van der Waals surface area contributed by atoms with Crippen LogP contribution in [0.5, 0.6) is 0 Å². The lowest BCUT2D eigenvalue weighted by Gasteiger charge is -1.97. The average Bonchev–Trinajstić information content (AvgIpc) is 1.91. The molecule has 0 aliphatic rings. The van der Waals surface area contributed by atoms with Crippen LogP contribution in [0.3, 0.4) is 0 Å². The van der Waals surface area contributed by atoms with Crippen molar-refractivity contribution in [3.05, 3.63) is 0 Å². The van der Waals surface area contributed by atoms with E-state index in [1.165, 1.54) is 0 Å². The second-order valence-electron chi connectivity index (χ2n) is 1.48. The van der Waals surface area contributed by atoms with Crippen LogP contribution in [0.4, 0.5) is 0 Å². The molecule has 0 atom stereocenters. The molecule has 0 heterocycles. The number of hydrogen-bond donors (Lipinski definition) is 2. The fourth-order valence-corrected chi connectivity index (χ4v) is 0.314. The highest BCUT2D eigenvalue weighted by Gasteiger charge is 1.89. The number of rotatable bonds is 4. The summed E-state index contributed by atoms with van der Waals surface area (Å²) in [4.78, 5) is 4.71. The van der Waals surface area contributed by atoms with E-state index >= 15 is 0 Å². The van der Waals surface area contributed by atoms with Gasteiger partial charge >= 0.3 is 0 Å². The van der Waals surface area contributed by atoms with Crippen LogP contribution >= 0.6 is 0 Å². The summed E-state index contributed by atoms with van der Waals surface area (Å²) < 4.78 is 0. The minimum atomic E-state index is 0.372. The van der Waals surface area contributed by atoms with Gasteiger partial charge in [0.05, 0.1) is 5.71 Å². The molecule has 0 radical (unpaired) electrons. The summed E-state index contributed by atoms with van der Waals surface area (Å²) in [5.41, 5.74) is 11.2. The molecule has 0 aliphatic carbocycles. The van der Waals surface area contributed by atoms with E-state index in [1.807, 2.05) is 6.92 Å². The Morgan fingerprint density at radius 2 is 2.00 bits per heavy atom. The summed E-state index contributed by atoms with van der Waals surface area (Å²) in [5, 5.41) is 3.65. The molecule has 0 aromatic carbocycles. The van der Waals surface area contributed by atoms with Crippen LogP contribution < -0.4 is 11.5 Å². The first-order chi connectivity index (χ1) is 4.35. The van der Waals surface area contributed by atoms with Crippen molar-refractivity contribution >= 4 is 5.71 Å². The van der Waals surface area contributed by atoms with E-state index in [0.717, 1.165) is 0 Å². The molecule has 0 fully saturated rings. The van der Waals surface area contributed by atoms with E-state index in [0.29, 0.717) is 25.4 Å². The van der Waals surface area contributed by atoms with Gasteiger partial charge in [-0.15, -0.1) is 0 Å². The maximum Gasteiger partial charge on any atom is 0.114 e. The van der Waals surface area contributed by atoms with Crippen molar-refractivity contribution < 1.29 is 4.84 Å². The molecule has 0 bridgehead atoms. The summed E-state index contributed by atoms with van der Waals surface area (Å²) >= 11 is 0. The first-order valence-electron chi connectivity index (χ1n) is 2.93. The summed E-state index contributed by atoms with van der Waals surface area (Å²) in [5.74, 6) is 0. The minimum Gasteiger partial charge on any atom is -0.396 e. The smallest absolute Gasteiger partial charge is 0.114 e. The van der Waals surface area contributed by atoms with Crippen LogP contribution in [0, 0.1) is 0 Å². The molecule has 0 spiro atoms. The molecule has 0 unspecified atom stereocenters. The highest BCUT2D eigenvalue weighted by atomic mass is 16.6. The molecule has 0 amide bonds. The highest BCUT2D eigenvalue weighted by Crippen LogP contribution is 1.76. The SMILES string of the molecule is CCON=C(CN)CN. The lowest BCUT2D eigenvalue weighted by molar-refractivity contribution is 0.158. The molecule has 0 aromatic rings. The van der Waals surface area contributed by atoms with E-state index < -0.39 is 0 Å². The summed E-state index contributed by atoms with van der Waals surface area (Å²) in [6.45, 7) is 3.16. The Morgan fingerprint density at radius 1 is 1.44 bits per heavy atom. The highest BCUT2D eigenvalue weighted by molar-refractivity contribution is 5.87. The van der Waals surface area contributed by atoms with Crippen LogP contribution in [0.15, 0.2) is 5.16 Å². The van der Waals surface area contributed by atoms with Crippen molar-refractivity contribution in [2.75, 3.05) is 19.7 Å². The third-order valence-corrected chi connectivity index (χ3v) is 0.794. The van der Waals surface area contributed by atoms with Crippen LogP contribution in [-0.4, -0.2) is 25.4 Å². The third-order valence-electron chi connectivity index (χ3n) is 0.794. The van der Waals surface area contributed by atoms with E-state index in [4.69, 9.17) is 16.3 Å². The van der Waals surface area contributed by atoms with Gasteiger partial charge in [0.15, 0.2) is 0 Å². The van der Waals surface area contributed by atoms with E-state index in [2.05, 4.69) is 5.16 Å². The fourth-order valence-electron chi connectivity index (χ4n) is 0.314. The second kappa shape index (κ2) is 5.53. The van der Waals surface area contributed by atoms with Gasteiger partial charge in [-0.3, -0.25) is 0 Å². The third kappa shape index (κ3) is 3.93.